The lowest BCUT2D eigenvalue weighted by atomic mass is 9.31. The molecular weight excluding hydrogens is 423 g/mol. The van der Waals surface area contributed by atoms with E-state index in [1.54, 1.807) is 0 Å². The summed E-state index contributed by atoms with van der Waals surface area (Å²) in [5, 5.41) is 0. The molecule has 0 saturated carbocycles. The van der Waals surface area contributed by atoms with Gasteiger partial charge in [0.05, 0.1) is 0 Å². The van der Waals surface area contributed by atoms with E-state index in [1.807, 2.05) is 12.4 Å². The Bertz CT molecular complexity index is 1630. The van der Waals surface area contributed by atoms with Gasteiger partial charge in [0.1, 0.15) is 0 Å². The molecule has 0 fully saturated rings. The fourth-order valence-corrected chi connectivity index (χ4v) is 6.87. The number of fused-ring (bicyclic) bond motifs is 7. The standard InChI is InChI=1S/C32H23BN2/c1-19-4-2-6-26-27-7-3-5-25(29(27)16-28(19)26)22-14-23-12-20-8-10-34-17-30(20)33-31-18-35-11-9-21(31)13-24(15-22)32(23)33/h2-11,14-15,17-18H,12-13,16H2,1H3. The molecule has 4 heterocycles. The second-order valence-corrected chi connectivity index (χ2v) is 10.3. The molecule has 3 aromatic carbocycles. The smallest absolute Gasteiger partial charge is 0.246 e. The molecule has 1 aliphatic carbocycles. The fourth-order valence-electron chi connectivity index (χ4n) is 6.87. The number of benzene rings is 3. The van der Waals surface area contributed by atoms with Crippen LogP contribution in [0.15, 0.2) is 85.5 Å². The summed E-state index contributed by atoms with van der Waals surface area (Å²) >= 11 is 0. The molecule has 3 heteroatoms. The van der Waals surface area contributed by atoms with Gasteiger partial charge in [-0.15, -0.1) is 0 Å². The molecule has 8 rings (SSSR count). The molecule has 2 aromatic heterocycles. The van der Waals surface area contributed by atoms with E-state index in [0.29, 0.717) is 0 Å². The predicted octanol–water partition coefficient (Wildman–Crippen LogP) is 4.35. The van der Waals surface area contributed by atoms with E-state index in [1.165, 1.54) is 77.6 Å². The van der Waals surface area contributed by atoms with Gasteiger partial charge in [-0.3, -0.25) is 9.97 Å². The molecule has 0 atom stereocenters. The van der Waals surface area contributed by atoms with Crippen LogP contribution < -0.4 is 16.4 Å². The molecule has 164 valence electrons. The summed E-state index contributed by atoms with van der Waals surface area (Å²) in [6.45, 7) is 2.48. The Labute approximate surface area is 205 Å². The average Bonchev–Trinajstić information content (AvgIpc) is 3.28. The fraction of sp³-hybridized carbons (Fsp3) is 0.125. The van der Waals surface area contributed by atoms with Gasteiger partial charge in [0.2, 0.25) is 6.71 Å². The second kappa shape index (κ2) is 7.02. The summed E-state index contributed by atoms with van der Waals surface area (Å²) in [4.78, 5) is 9.01. The molecule has 0 saturated heterocycles. The molecule has 0 unspecified atom stereocenters. The van der Waals surface area contributed by atoms with Crippen LogP contribution in [0, 0.1) is 6.92 Å². The van der Waals surface area contributed by atoms with Gasteiger partial charge in [0.25, 0.3) is 0 Å². The Morgan fingerprint density at radius 3 is 1.91 bits per heavy atom. The lowest BCUT2D eigenvalue weighted by Crippen LogP contribution is -2.61. The van der Waals surface area contributed by atoms with Crippen LogP contribution in [0.2, 0.25) is 0 Å². The summed E-state index contributed by atoms with van der Waals surface area (Å²) in [7, 11) is 0. The summed E-state index contributed by atoms with van der Waals surface area (Å²) < 4.78 is 0. The minimum atomic E-state index is 0.234. The van der Waals surface area contributed by atoms with Gasteiger partial charge < -0.3 is 0 Å². The third kappa shape index (κ3) is 2.67. The van der Waals surface area contributed by atoms with Crippen molar-refractivity contribution >= 4 is 23.1 Å². The number of hydrogen-bond donors (Lipinski definition) is 0. The Balaban J connectivity index is 1.35. The van der Waals surface area contributed by atoms with Crippen LogP contribution in [0.3, 0.4) is 0 Å². The Morgan fingerprint density at radius 2 is 1.23 bits per heavy atom. The Kier molecular flexibility index (Phi) is 3.88. The summed E-state index contributed by atoms with van der Waals surface area (Å²) in [5.41, 5.74) is 19.8. The van der Waals surface area contributed by atoms with Crippen LogP contribution >= 0.6 is 0 Å². The zero-order chi connectivity index (χ0) is 23.1. The van der Waals surface area contributed by atoms with Gasteiger partial charge in [0, 0.05) is 24.8 Å². The molecule has 0 radical (unpaired) electrons. The van der Waals surface area contributed by atoms with Gasteiger partial charge >= 0.3 is 0 Å². The summed E-state index contributed by atoms with van der Waals surface area (Å²) in [6, 6.07) is 22.9. The highest BCUT2D eigenvalue weighted by molar-refractivity contribution is 6.97. The van der Waals surface area contributed by atoms with Crippen molar-refractivity contribution in [2.45, 2.75) is 26.2 Å². The lowest BCUT2D eigenvalue weighted by Gasteiger charge is -2.34. The van der Waals surface area contributed by atoms with Gasteiger partial charge in [0.15, 0.2) is 0 Å². The molecular formula is C32H23BN2. The maximum Gasteiger partial charge on any atom is 0.246 e. The molecule has 35 heavy (non-hydrogen) atoms. The SMILES string of the molecule is Cc1cccc2c1Cc1c(-c3cc4c5c(c3)Cc3ccncc3B5c3cnccc3C4)cccc1-2. The zero-order valence-corrected chi connectivity index (χ0v) is 19.7. The molecule has 5 aromatic rings. The molecule has 3 aliphatic rings. The van der Waals surface area contributed by atoms with Gasteiger partial charge in [-0.05, 0) is 110 Å². The maximum absolute atomic E-state index is 4.51. The predicted molar refractivity (Wildman–Crippen MR) is 144 cm³/mol. The molecule has 0 bridgehead atoms. The van der Waals surface area contributed by atoms with Crippen molar-refractivity contribution in [2.75, 3.05) is 0 Å². The maximum atomic E-state index is 4.51. The Morgan fingerprint density at radius 1 is 0.629 bits per heavy atom. The number of aryl methyl sites for hydroxylation is 1. The lowest BCUT2D eigenvalue weighted by molar-refractivity contribution is 1.12. The van der Waals surface area contributed by atoms with E-state index in [9.17, 15) is 0 Å². The van der Waals surface area contributed by atoms with Crippen molar-refractivity contribution in [1.29, 1.82) is 0 Å². The average molecular weight is 446 g/mol. The summed E-state index contributed by atoms with van der Waals surface area (Å²) in [6.07, 6.45) is 11.0. The van der Waals surface area contributed by atoms with Crippen LogP contribution in [-0.2, 0) is 19.3 Å². The molecule has 0 N–H and O–H groups in total. The van der Waals surface area contributed by atoms with Crippen LogP contribution in [0.25, 0.3) is 22.3 Å². The number of nitrogens with zero attached hydrogens (tertiary/aromatic N) is 2. The number of hydrogen-bond acceptors (Lipinski definition) is 2. The molecule has 2 aliphatic heterocycles. The number of pyridine rings is 2. The van der Waals surface area contributed by atoms with Crippen molar-refractivity contribution in [3.63, 3.8) is 0 Å². The van der Waals surface area contributed by atoms with Crippen molar-refractivity contribution in [3.05, 3.63) is 124 Å². The van der Waals surface area contributed by atoms with E-state index >= 15 is 0 Å². The van der Waals surface area contributed by atoms with Crippen molar-refractivity contribution in [1.82, 2.24) is 9.97 Å². The van der Waals surface area contributed by atoms with E-state index in [2.05, 4.69) is 89.9 Å². The highest BCUT2D eigenvalue weighted by Gasteiger charge is 2.37. The topological polar surface area (TPSA) is 25.8 Å². The van der Waals surface area contributed by atoms with Gasteiger partial charge in [-0.2, -0.15) is 0 Å². The van der Waals surface area contributed by atoms with Crippen LogP contribution in [0.4, 0.5) is 0 Å². The van der Waals surface area contributed by atoms with Crippen LogP contribution in [0.1, 0.15) is 38.9 Å². The monoisotopic (exact) mass is 446 g/mol. The zero-order valence-electron chi connectivity index (χ0n) is 19.7. The third-order valence-corrected chi connectivity index (χ3v) is 8.46. The van der Waals surface area contributed by atoms with E-state index in [0.717, 1.165) is 19.3 Å². The first-order valence-electron chi connectivity index (χ1n) is 12.5. The first-order chi connectivity index (χ1) is 17.3. The Hall–Kier alpha value is -3.98. The number of rotatable bonds is 1. The summed E-state index contributed by atoms with van der Waals surface area (Å²) in [5.74, 6) is 0. The molecule has 0 spiro atoms. The highest BCUT2D eigenvalue weighted by Crippen LogP contribution is 2.43. The third-order valence-electron chi connectivity index (χ3n) is 8.46. The molecule has 2 nitrogen and oxygen atoms in total. The molecule has 0 amide bonds. The minimum absolute atomic E-state index is 0.234. The normalized spacial score (nSPS) is 14.0. The van der Waals surface area contributed by atoms with Crippen molar-refractivity contribution in [3.8, 4) is 22.3 Å². The first-order valence-corrected chi connectivity index (χ1v) is 12.5. The second-order valence-electron chi connectivity index (χ2n) is 10.3. The van der Waals surface area contributed by atoms with E-state index < -0.39 is 0 Å². The van der Waals surface area contributed by atoms with E-state index in [4.69, 9.17) is 0 Å². The number of aromatic nitrogens is 2. The van der Waals surface area contributed by atoms with Crippen molar-refractivity contribution in [2.24, 2.45) is 0 Å². The van der Waals surface area contributed by atoms with Gasteiger partial charge in [-0.25, -0.2) is 0 Å². The van der Waals surface area contributed by atoms with Crippen LogP contribution in [-0.4, -0.2) is 16.7 Å². The highest BCUT2D eigenvalue weighted by atomic mass is 14.6. The van der Waals surface area contributed by atoms with Crippen molar-refractivity contribution < 1.29 is 0 Å². The van der Waals surface area contributed by atoms with Crippen LogP contribution in [0.5, 0.6) is 0 Å². The van der Waals surface area contributed by atoms with E-state index in [-0.39, 0.29) is 6.71 Å². The first kappa shape index (κ1) is 19.3. The van der Waals surface area contributed by atoms with Gasteiger partial charge in [-0.1, -0.05) is 54.0 Å². The largest absolute Gasteiger partial charge is 0.265 e. The quantitative estimate of drug-likeness (QED) is 0.351. The minimum Gasteiger partial charge on any atom is -0.265 e.